The fraction of sp³-hybridized carbons (Fsp3) is 0.111. The van der Waals surface area contributed by atoms with Crippen LogP contribution in [0.15, 0.2) is 60.9 Å². The summed E-state index contributed by atoms with van der Waals surface area (Å²) in [6.45, 7) is 4.22. The van der Waals surface area contributed by atoms with Crippen molar-refractivity contribution >= 4 is 0 Å². The van der Waals surface area contributed by atoms with Crippen LogP contribution in [0.3, 0.4) is 0 Å². The van der Waals surface area contributed by atoms with Crippen LogP contribution in [0.1, 0.15) is 11.1 Å². The molecule has 0 aliphatic rings. The number of hydrogen-bond donors (Lipinski definition) is 0. The van der Waals surface area contributed by atoms with Crippen LogP contribution in [0.25, 0.3) is 22.5 Å². The lowest BCUT2D eigenvalue weighted by Crippen LogP contribution is -1.88. The monoisotopic (exact) mass is 260 g/mol. The molecule has 3 aromatic rings. The third kappa shape index (κ3) is 2.59. The highest BCUT2D eigenvalue weighted by molar-refractivity contribution is 5.65. The Hall–Kier alpha value is -2.48. The standard InChI is InChI=1S/C18H16N2/c1-13-9-14(2)11-16(10-13)18-7-6-15(12-20-18)17-5-3-4-8-19-17/h3-12H,1-2H3. The predicted octanol–water partition coefficient (Wildman–Crippen LogP) is 4.43. The quantitative estimate of drug-likeness (QED) is 0.681. The molecule has 2 aromatic heterocycles. The zero-order valence-corrected chi connectivity index (χ0v) is 11.7. The van der Waals surface area contributed by atoms with E-state index in [9.17, 15) is 0 Å². The van der Waals surface area contributed by atoms with Gasteiger partial charge in [-0.25, -0.2) is 0 Å². The van der Waals surface area contributed by atoms with Gasteiger partial charge in [0.1, 0.15) is 0 Å². The number of pyridine rings is 2. The Kier molecular flexibility index (Phi) is 3.30. The van der Waals surface area contributed by atoms with Crippen LogP contribution < -0.4 is 0 Å². The summed E-state index contributed by atoms with van der Waals surface area (Å²) in [5.74, 6) is 0. The minimum absolute atomic E-state index is 0.951. The lowest BCUT2D eigenvalue weighted by atomic mass is 10.0. The van der Waals surface area contributed by atoms with E-state index >= 15 is 0 Å². The second-order valence-electron chi connectivity index (χ2n) is 5.02. The summed E-state index contributed by atoms with van der Waals surface area (Å²) < 4.78 is 0. The van der Waals surface area contributed by atoms with Gasteiger partial charge in [0.05, 0.1) is 11.4 Å². The number of nitrogens with zero attached hydrogens (tertiary/aromatic N) is 2. The highest BCUT2D eigenvalue weighted by Gasteiger charge is 2.03. The lowest BCUT2D eigenvalue weighted by Gasteiger charge is -2.06. The molecule has 0 bridgehead atoms. The van der Waals surface area contributed by atoms with E-state index < -0.39 is 0 Å². The van der Waals surface area contributed by atoms with E-state index in [2.05, 4.69) is 54.1 Å². The second-order valence-corrected chi connectivity index (χ2v) is 5.02. The highest BCUT2D eigenvalue weighted by Crippen LogP contribution is 2.23. The van der Waals surface area contributed by atoms with Gasteiger partial charge in [-0.15, -0.1) is 0 Å². The van der Waals surface area contributed by atoms with Gasteiger partial charge in [0.2, 0.25) is 0 Å². The molecule has 0 saturated heterocycles. The Morgan fingerprint density at radius 1 is 0.700 bits per heavy atom. The predicted molar refractivity (Wildman–Crippen MR) is 82.4 cm³/mol. The molecule has 0 atom stereocenters. The normalized spacial score (nSPS) is 10.5. The van der Waals surface area contributed by atoms with Crippen molar-refractivity contribution in [1.82, 2.24) is 9.97 Å². The Labute approximate surface area is 119 Å². The van der Waals surface area contributed by atoms with Crippen LogP contribution in [0, 0.1) is 13.8 Å². The molecule has 0 saturated carbocycles. The molecule has 0 aliphatic heterocycles. The van der Waals surface area contributed by atoms with Crippen LogP contribution >= 0.6 is 0 Å². The van der Waals surface area contributed by atoms with Crippen molar-refractivity contribution in [3.05, 3.63) is 72.1 Å². The van der Waals surface area contributed by atoms with Crippen LogP contribution in [-0.2, 0) is 0 Å². The highest BCUT2D eigenvalue weighted by atomic mass is 14.7. The zero-order chi connectivity index (χ0) is 13.9. The average molecular weight is 260 g/mol. The third-order valence-corrected chi connectivity index (χ3v) is 3.24. The Morgan fingerprint density at radius 2 is 1.45 bits per heavy atom. The van der Waals surface area contributed by atoms with E-state index in [1.54, 1.807) is 6.20 Å². The minimum atomic E-state index is 0.951. The topological polar surface area (TPSA) is 25.8 Å². The zero-order valence-electron chi connectivity index (χ0n) is 11.7. The van der Waals surface area contributed by atoms with E-state index in [1.807, 2.05) is 24.4 Å². The maximum atomic E-state index is 4.57. The van der Waals surface area contributed by atoms with Crippen LogP contribution in [-0.4, -0.2) is 9.97 Å². The van der Waals surface area contributed by atoms with Gasteiger partial charge < -0.3 is 0 Å². The smallest absolute Gasteiger partial charge is 0.0717 e. The first-order chi connectivity index (χ1) is 9.72. The van der Waals surface area contributed by atoms with Crippen molar-refractivity contribution in [3.8, 4) is 22.5 Å². The molecule has 0 radical (unpaired) electrons. The van der Waals surface area contributed by atoms with Crippen LogP contribution in [0.2, 0.25) is 0 Å². The molecule has 2 heterocycles. The van der Waals surface area contributed by atoms with Gasteiger partial charge >= 0.3 is 0 Å². The van der Waals surface area contributed by atoms with Gasteiger partial charge in [0.25, 0.3) is 0 Å². The van der Waals surface area contributed by atoms with E-state index in [0.29, 0.717) is 0 Å². The molecule has 0 fully saturated rings. The molecular formula is C18H16N2. The van der Waals surface area contributed by atoms with E-state index in [-0.39, 0.29) is 0 Å². The number of aryl methyl sites for hydroxylation is 2. The van der Waals surface area contributed by atoms with Gasteiger partial charge in [-0.3, -0.25) is 9.97 Å². The first-order valence-corrected chi connectivity index (χ1v) is 6.68. The number of hydrogen-bond acceptors (Lipinski definition) is 2. The average Bonchev–Trinajstić information content (AvgIpc) is 2.47. The second kappa shape index (κ2) is 5.25. The molecule has 2 nitrogen and oxygen atoms in total. The summed E-state index contributed by atoms with van der Waals surface area (Å²) in [6, 6.07) is 16.5. The largest absolute Gasteiger partial charge is 0.256 e. The Morgan fingerprint density at radius 3 is 2.05 bits per heavy atom. The molecule has 20 heavy (non-hydrogen) atoms. The fourth-order valence-electron chi connectivity index (χ4n) is 2.37. The van der Waals surface area contributed by atoms with Crippen molar-refractivity contribution in [2.45, 2.75) is 13.8 Å². The van der Waals surface area contributed by atoms with Crippen molar-refractivity contribution in [3.63, 3.8) is 0 Å². The summed E-state index contributed by atoms with van der Waals surface area (Å²) >= 11 is 0. The number of aromatic nitrogens is 2. The van der Waals surface area contributed by atoms with Crippen LogP contribution in [0.4, 0.5) is 0 Å². The molecular weight excluding hydrogens is 244 g/mol. The first kappa shape index (κ1) is 12.5. The molecule has 0 N–H and O–H groups in total. The molecule has 0 aliphatic carbocycles. The molecule has 0 amide bonds. The minimum Gasteiger partial charge on any atom is -0.256 e. The van der Waals surface area contributed by atoms with Crippen molar-refractivity contribution < 1.29 is 0 Å². The summed E-state index contributed by atoms with van der Waals surface area (Å²) in [5.41, 5.74) is 6.67. The lowest BCUT2D eigenvalue weighted by molar-refractivity contribution is 1.27. The van der Waals surface area contributed by atoms with E-state index in [4.69, 9.17) is 0 Å². The van der Waals surface area contributed by atoms with E-state index in [1.165, 1.54) is 11.1 Å². The SMILES string of the molecule is Cc1cc(C)cc(-c2ccc(-c3ccccn3)cn2)c1. The summed E-state index contributed by atoms with van der Waals surface area (Å²) in [6.07, 6.45) is 3.68. The van der Waals surface area contributed by atoms with E-state index in [0.717, 1.165) is 22.5 Å². The summed E-state index contributed by atoms with van der Waals surface area (Å²) in [7, 11) is 0. The van der Waals surface area contributed by atoms with Gasteiger partial charge in [-0.05, 0) is 50.2 Å². The van der Waals surface area contributed by atoms with Gasteiger partial charge in [-0.2, -0.15) is 0 Å². The van der Waals surface area contributed by atoms with Crippen LogP contribution in [0.5, 0.6) is 0 Å². The third-order valence-electron chi connectivity index (χ3n) is 3.24. The maximum absolute atomic E-state index is 4.57. The first-order valence-electron chi connectivity index (χ1n) is 6.68. The number of benzene rings is 1. The van der Waals surface area contributed by atoms with Crippen molar-refractivity contribution in [2.75, 3.05) is 0 Å². The molecule has 0 spiro atoms. The molecule has 98 valence electrons. The van der Waals surface area contributed by atoms with Crippen molar-refractivity contribution in [1.29, 1.82) is 0 Å². The summed E-state index contributed by atoms with van der Waals surface area (Å²) in [4.78, 5) is 8.91. The van der Waals surface area contributed by atoms with Gasteiger partial charge in [-0.1, -0.05) is 23.3 Å². The Balaban J connectivity index is 1.97. The molecule has 0 unspecified atom stereocenters. The van der Waals surface area contributed by atoms with Crippen molar-refractivity contribution in [2.24, 2.45) is 0 Å². The summed E-state index contributed by atoms with van der Waals surface area (Å²) in [5, 5.41) is 0. The Bertz CT molecular complexity index is 696. The van der Waals surface area contributed by atoms with Gasteiger partial charge in [0.15, 0.2) is 0 Å². The van der Waals surface area contributed by atoms with Gasteiger partial charge in [0, 0.05) is 23.5 Å². The fourth-order valence-corrected chi connectivity index (χ4v) is 2.37. The molecule has 1 aromatic carbocycles. The maximum Gasteiger partial charge on any atom is 0.0717 e. The molecule has 2 heteroatoms. The molecule has 3 rings (SSSR count). The number of rotatable bonds is 2.